The van der Waals surface area contributed by atoms with Crippen molar-refractivity contribution in [3.63, 3.8) is 0 Å². The van der Waals surface area contributed by atoms with Gasteiger partial charge in [-0.25, -0.2) is 9.97 Å². The van der Waals surface area contributed by atoms with Crippen LogP contribution in [0, 0.1) is 11.8 Å². The highest BCUT2D eigenvalue weighted by Gasteiger charge is 2.39. The van der Waals surface area contributed by atoms with Crippen LogP contribution in [0.1, 0.15) is 37.7 Å². The van der Waals surface area contributed by atoms with Crippen LogP contribution in [0.4, 0.5) is 0 Å². The first-order valence-electron chi connectivity index (χ1n) is 7.97. The molecule has 0 aromatic carbocycles. The fourth-order valence-electron chi connectivity index (χ4n) is 1.81. The standard InChI is InChI=1S/C20H24N2OSi/c1-16(23-24(5,6)20(2,3)4)18-11-9-15-22-19(18)13-12-17-10-7-8-14-21-17/h7-11,14-15H,1H2,2-6H3. The second kappa shape index (κ2) is 7.02. The second-order valence-electron chi connectivity index (χ2n) is 7.15. The second-order valence-corrected chi connectivity index (χ2v) is 11.9. The van der Waals surface area contributed by atoms with Crippen molar-refractivity contribution in [2.24, 2.45) is 0 Å². The molecule has 2 aromatic heterocycles. The molecule has 124 valence electrons. The van der Waals surface area contributed by atoms with E-state index in [2.05, 4.69) is 62.3 Å². The van der Waals surface area contributed by atoms with Crippen molar-refractivity contribution in [3.05, 3.63) is 66.3 Å². The molecule has 0 saturated carbocycles. The quantitative estimate of drug-likeness (QED) is 0.456. The summed E-state index contributed by atoms with van der Waals surface area (Å²) in [5, 5.41) is 0.109. The predicted octanol–water partition coefficient (Wildman–Crippen LogP) is 4.87. The number of nitrogens with zero attached hydrogens (tertiary/aromatic N) is 2. The lowest BCUT2D eigenvalue weighted by Crippen LogP contribution is -2.40. The number of hydrogen-bond donors (Lipinski definition) is 0. The molecule has 3 nitrogen and oxygen atoms in total. The molecule has 2 aromatic rings. The van der Waals surface area contributed by atoms with Gasteiger partial charge >= 0.3 is 0 Å². The summed E-state index contributed by atoms with van der Waals surface area (Å²) in [6.45, 7) is 15.2. The monoisotopic (exact) mass is 336 g/mol. The lowest BCUT2D eigenvalue weighted by Gasteiger charge is -2.37. The van der Waals surface area contributed by atoms with Crippen LogP contribution in [-0.2, 0) is 4.43 Å². The van der Waals surface area contributed by atoms with E-state index in [0.717, 1.165) is 5.56 Å². The zero-order valence-corrected chi connectivity index (χ0v) is 16.1. The van der Waals surface area contributed by atoms with Gasteiger partial charge in [-0.3, -0.25) is 0 Å². The lowest BCUT2D eigenvalue weighted by atomic mass is 10.1. The van der Waals surface area contributed by atoms with Gasteiger partial charge in [0, 0.05) is 18.0 Å². The number of pyridine rings is 2. The van der Waals surface area contributed by atoms with Crippen LogP contribution in [0.3, 0.4) is 0 Å². The number of aromatic nitrogens is 2. The first kappa shape index (κ1) is 18.0. The van der Waals surface area contributed by atoms with Crippen LogP contribution >= 0.6 is 0 Å². The van der Waals surface area contributed by atoms with Gasteiger partial charge in [0.25, 0.3) is 0 Å². The fourth-order valence-corrected chi connectivity index (χ4v) is 2.84. The molecule has 0 spiro atoms. The summed E-state index contributed by atoms with van der Waals surface area (Å²) in [7, 11) is -1.95. The smallest absolute Gasteiger partial charge is 0.250 e. The van der Waals surface area contributed by atoms with Crippen LogP contribution in [0.2, 0.25) is 18.1 Å². The van der Waals surface area contributed by atoms with Gasteiger partial charge in [0.1, 0.15) is 17.1 Å². The lowest BCUT2D eigenvalue weighted by molar-refractivity contribution is 0.459. The first-order valence-corrected chi connectivity index (χ1v) is 10.9. The molecule has 0 bridgehead atoms. The van der Waals surface area contributed by atoms with Gasteiger partial charge in [-0.1, -0.05) is 33.4 Å². The maximum atomic E-state index is 6.30. The molecule has 0 saturated heterocycles. The van der Waals surface area contributed by atoms with E-state index in [1.165, 1.54) is 0 Å². The Morgan fingerprint density at radius 2 is 1.75 bits per heavy atom. The number of hydrogen-bond acceptors (Lipinski definition) is 3. The maximum Gasteiger partial charge on any atom is 0.250 e. The topological polar surface area (TPSA) is 35.0 Å². The van der Waals surface area contributed by atoms with Crippen molar-refractivity contribution in [1.29, 1.82) is 0 Å². The largest absolute Gasteiger partial charge is 0.543 e. The normalized spacial score (nSPS) is 11.4. The van der Waals surface area contributed by atoms with Crippen molar-refractivity contribution >= 4 is 14.1 Å². The van der Waals surface area contributed by atoms with Gasteiger partial charge in [-0.05, 0) is 54.2 Å². The molecule has 2 heterocycles. The molecule has 2 rings (SSSR count). The zero-order chi connectivity index (χ0) is 17.8. The van der Waals surface area contributed by atoms with Crippen LogP contribution in [0.25, 0.3) is 5.76 Å². The summed E-state index contributed by atoms with van der Waals surface area (Å²) in [5.41, 5.74) is 2.21. The van der Waals surface area contributed by atoms with Gasteiger partial charge in [-0.2, -0.15) is 0 Å². The third-order valence-electron chi connectivity index (χ3n) is 4.27. The summed E-state index contributed by atoms with van der Waals surface area (Å²) in [4.78, 5) is 8.59. The number of rotatable bonds is 3. The Kier molecular flexibility index (Phi) is 5.25. The Balaban J connectivity index is 2.30. The van der Waals surface area contributed by atoms with Crippen LogP contribution in [-0.4, -0.2) is 18.3 Å². The zero-order valence-electron chi connectivity index (χ0n) is 15.1. The molecule has 0 unspecified atom stereocenters. The van der Waals surface area contributed by atoms with Crippen molar-refractivity contribution < 1.29 is 4.43 Å². The third kappa shape index (κ3) is 4.33. The average Bonchev–Trinajstić information content (AvgIpc) is 2.52. The molecule has 0 aliphatic rings. The highest BCUT2D eigenvalue weighted by Crippen LogP contribution is 2.39. The highest BCUT2D eigenvalue weighted by atomic mass is 28.4. The fraction of sp³-hybridized carbons (Fsp3) is 0.300. The molecular formula is C20H24N2OSi. The molecule has 0 N–H and O–H groups in total. The minimum atomic E-state index is -1.95. The van der Waals surface area contributed by atoms with Crippen molar-refractivity contribution in [2.75, 3.05) is 0 Å². The van der Waals surface area contributed by atoms with Gasteiger partial charge in [0.15, 0.2) is 0 Å². The predicted molar refractivity (Wildman–Crippen MR) is 102 cm³/mol. The van der Waals surface area contributed by atoms with Crippen LogP contribution < -0.4 is 0 Å². The molecule has 0 radical (unpaired) electrons. The molecule has 0 atom stereocenters. The van der Waals surface area contributed by atoms with Gasteiger partial charge in [0.2, 0.25) is 8.32 Å². The van der Waals surface area contributed by atoms with Gasteiger partial charge in [-0.15, -0.1) is 0 Å². The first-order chi connectivity index (χ1) is 11.2. The van der Waals surface area contributed by atoms with E-state index in [9.17, 15) is 0 Å². The minimum absolute atomic E-state index is 0.109. The maximum absolute atomic E-state index is 6.30. The van der Waals surface area contributed by atoms with E-state index in [0.29, 0.717) is 17.1 Å². The SMILES string of the molecule is C=C(O[Si](C)(C)C(C)(C)C)c1cccnc1C#Cc1ccccn1. The molecule has 0 fully saturated rings. The molecule has 4 heteroatoms. The summed E-state index contributed by atoms with van der Waals surface area (Å²) in [5.74, 6) is 6.77. The van der Waals surface area contributed by atoms with Crippen molar-refractivity contribution in [2.45, 2.75) is 38.9 Å². The Labute approximate surface area is 146 Å². The highest BCUT2D eigenvalue weighted by molar-refractivity contribution is 6.74. The van der Waals surface area contributed by atoms with Gasteiger partial charge < -0.3 is 4.43 Å². The van der Waals surface area contributed by atoms with E-state index >= 15 is 0 Å². The van der Waals surface area contributed by atoms with E-state index in [-0.39, 0.29) is 5.04 Å². The molecule has 24 heavy (non-hydrogen) atoms. The minimum Gasteiger partial charge on any atom is -0.543 e. The molecule has 0 aliphatic carbocycles. The summed E-state index contributed by atoms with van der Waals surface area (Å²) >= 11 is 0. The van der Waals surface area contributed by atoms with Crippen molar-refractivity contribution in [1.82, 2.24) is 9.97 Å². The Morgan fingerprint density at radius 3 is 2.38 bits per heavy atom. The Bertz CT molecular complexity index is 781. The third-order valence-corrected chi connectivity index (χ3v) is 8.64. The Morgan fingerprint density at radius 1 is 1.04 bits per heavy atom. The summed E-state index contributed by atoms with van der Waals surface area (Å²) in [6, 6.07) is 9.48. The molecular weight excluding hydrogens is 312 g/mol. The van der Waals surface area contributed by atoms with E-state index in [1.54, 1.807) is 12.4 Å². The van der Waals surface area contributed by atoms with E-state index in [1.807, 2.05) is 30.3 Å². The Hall–Kier alpha value is -2.38. The summed E-state index contributed by atoms with van der Waals surface area (Å²) in [6.07, 6.45) is 3.45. The van der Waals surface area contributed by atoms with E-state index < -0.39 is 8.32 Å². The summed E-state index contributed by atoms with van der Waals surface area (Å²) < 4.78 is 6.30. The van der Waals surface area contributed by atoms with Crippen LogP contribution in [0.15, 0.2) is 49.3 Å². The van der Waals surface area contributed by atoms with Crippen molar-refractivity contribution in [3.8, 4) is 11.8 Å². The van der Waals surface area contributed by atoms with E-state index in [4.69, 9.17) is 4.43 Å². The van der Waals surface area contributed by atoms with Gasteiger partial charge in [0.05, 0.1) is 0 Å². The average molecular weight is 337 g/mol. The molecule has 0 amide bonds. The molecule has 0 aliphatic heterocycles. The van der Waals surface area contributed by atoms with Crippen LogP contribution in [0.5, 0.6) is 0 Å².